The van der Waals surface area contributed by atoms with Crippen LogP contribution in [0.15, 0.2) is 42.5 Å². The van der Waals surface area contributed by atoms with Crippen LogP contribution in [0.2, 0.25) is 10.0 Å². The van der Waals surface area contributed by atoms with Gasteiger partial charge < -0.3 is 15.1 Å². The Bertz CT molecular complexity index is 857. The van der Waals surface area contributed by atoms with E-state index in [0.717, 1.165) is 19.5 Å². The van der Waals surface area contributed by atoms with E-state index in [4.69, 9.17) is 23.2 Å². The fourth-order valence-electron chi connectivity index (χ4n) is 3.22. The standard InChI is InChI=1S/C20H21Cl2N3O2/c1-24(12-19(26)23-16-6-7-17(21)18(22)10-16)20(27)13-25-9-8-14-4-2-3-5-15(14)11-25/h2-7,10H,8-9,11-13H2,1H3,(H,23,26)/p+1. The molecule has 0 bridgehead atoms. The molecule has 2 aromatic carbocycles. The zero-order valence-electron chi connectivity index (χ0n) is 15.1. The quantitative estimate of drug-likeness (QED) is 0.797. The molecule has 1 aliphatic heterocycles. The van der Waals surface area contributed by atoms with Crippen LogP contribution in [0, 0.1) is 0 Å². The topological polar surface area (TPSA) is 53.9 Å². The number of rotatable bonds is 5. The molecule has 1 unspecified atom stereocenters. The van der Waals surface area contributed by atoms with Crippen molar-refractivity contribution in [3.63, 3.8) is 0 Å². The number of anilines is 1. The highest BCUT2D eigenvalue weighted by molar-refractivity contribution is 6.42. The van der Waals surface area contributed by atoms with Crippen LogP contribution < -0.4 is 10.2 Å². The Morgan fingerprint density at radius 2 is 1.85 bits per heavy atom. The molecule has 1 heterocycles. The van der Waals surface area contributed by atoms with E-state index in [1.165, 1.54) is 20.9 Å². The van der Waals surface area contributed by atoms with Gasteiger partial charge in [-0.3, -0.25) is 9.59 Å². The van der Waals surface area contributed by atoms with Gasteiger partial charge in [-0.1, -0.05) is 47.5 Å². The number of likely N-dealkylation sites (N-methyl/N-ethyl adjacent to an activating group) is 1. The Kier molecular flexibility index (Phi) is 6.37. The number of carbonyl (C=O) groups excluding carboxylic acids is 2. The normalized spacial score (nSPS) is 15.7. The molecule has 0 saturated heterocycles. The fraction of sp³-hybridized carbons (Fsp3) is 0.300. The fourth-order valence-corrected chi connectivity index (χ4v) is 3.52. The Balaban J connectivity index is 1.50. The van der Waals surface area contributed by atoms with Crippen LogP contribution in [0.4, 0.5) is 5.69 Å². The van der Waals surface area contributed by atoms with Gasteiger partial charge >= 0.3 is 0 Å². The molecular weight excluding hydrogens is 385 g/mol. The van der Waals surface area contributed by atoms with Crippen molar-refractivity contribution in [1.82, 2.24) is 4.90 Å². The summed E-state index contributed by atoms with van der Waals surface area (Å²) in [6, 6.07) is 13.2. The van der Waals surface area contributed by atoms with Gasteiger partial charge in [-0.25, -0.2) is 0 Å². The molecule has 1 aliphatic rings. The van der Waals surface area contributed by atoms with E-state index in [1.807, 2.05) is 6.07 Å². The zero-order valence-corrected chi connectivity index (χ0v) is 16.6. The first kappa shape index (κ1) is 19.7. The molecule has 0 aliphatic carbocycles. The molecule has 0 fully saturated rings. The minimum absolute atomic E-state index is 0.0110. The van der Waals surface area contributed by atoms with Crippen molar-refractivity contribution in [3.8, 4) is 0 Å². The Morgan fingerprint density at radius 1 is 1.11 bits per heavy atom. The van der Waals surface area contributed by atoms with Crippen LogP contribution in [0.1, 0.15) is 11.1 Å². The third kappa shape index (κ3) is 5.22. The molecule has 2 amide bonds. The SMILES string of the molecule is CN(CC(=O)Nc1ccc(Cl)c(Cl)c1)C(=O)C[NH+]1CCc2ccccc2C1. The number of nitrogens with one attached hydrogen (secondary N) is 2. The lowest BCUT2D eigenvalue weighted by molar-refractivity contribution is -0.908. The van der Waals surface area contributed by atoms with E-state index in [9.17, 15) is 9.59 Å². The van der Waals surface area contributed by atoms with Crippen LogP contribution in [0.3, 0.4) is 0 Å². The summed E-state index contributed by atoms with van der Waals surface area (Å²) in [4.78, 5) is 27.4. The number of fused-ring (bicyclic) bond motifs is 1. The number of hydrogen-bond acceptors (Lipinski definition) is 2. The third-order valence-electron chi connectivity index (χ3n) is 4.72. The summed E-state index contributed by atoms with van der Waals surface area (Å²) in [5, 5.41) is 3.52. The molecule has 0 radical (unpaired) electrons. The average molecular weight is 407 g/mol. The summed E-state index contributed by atoms with van der Waals surface area (Å²) in [5.74, 6) is -0.322. The molecule has 2 aromatic rings. The highest BCUT2D eigenvalue weighted by Crippen LogP contribution is 2.24. The second kappa shape index (κ2) is 8.74. The maximum atomic E-state index is 12.5. The number of amides is 2. The molecule has 142 valence electrons. The van der Waals surface area contributed by atoms with Gasteiger partial charge in [0.2, 0.25) is 5.91 Å². The van der Waals surface area contributed by atoms with Crippen molar-refractivity contribution in [2.45, 2.75) is 13.0 Å². The Labute approximate surface area is 168 Å². The first-order valence-electron chi connectivity index (χ1n) is 8.81. The van der Waals surface area contributed by atoms with Gasteiger partial charge in [0, 0.05) is 24.7 Å². The zero-order chi connectivity index (χ0) is 19.4. The average Bonchev–Trinajstić information content (AvgIpc) is 2.64. The van der Waals surface area contributed by atoms with Crippen LogP contribution in [-0.4, -0.2) is 43.4 Å². The summed E-state index contributed by atoms with van der Waals surface area (Å²) in [5.41, 5.74) is 3.21. The van der Waals surface area contributed by atoms with Crippen LogP contribution in [0.5, 0.6) is 0 Å². The molecule has 0 saturated carbocycles. The summed E-state index contributed by atoms with van der Waals surface area (Å²) in [6.45, 7) is 2.13. The number of quaternary nitrogens is 1. The van der Waals surface area contributed by atoms with E-state index in [1.54, 1.807) is 25.2 Å². The largest absolute Gasteiger partial charge is 0.332 e. The summed E-state index contributed by atoms with van der Waals surface area (Å²) in [7, 11) is 1.65. The van der Waals surface area contributed by atoms with Crippen molar-refractivity contribution in [1.29, 1.82) is 0 Å². The number of carbonyl (C=O) groups is 2. The molecule has 1 atom stereocenters. The van der Waals surface area contributed by atoms with Crippen LogP contribution in [0.25, 0.3) is 0 Å². The molecule has 0 spiro atoms. The highest BCUT2D eigenvalue weighted by Gasteiger charge is 2.23. The smallest absolute Gasteiger partial charge is 0.277 e. The van der Waals surface area contributed by atoms with Crippen molar-refractivity contribution in [3.05, 3.63) is 63.6 Å². The first-order chi connectivity index (χ1) is 12.9. The second-order valence-corrected chi connectivity index (χ2v) is 7.61. The molecule has 3 rings (SSSR count). The molecule has 7 heteroatoms. The van der Waals surface area contributed by atoms with Crippen molar-refractivity contribution in [2.24, 2.45) is 0 Å². The van der Waals surface area contributed by atoms with Crippen LogP contribution in [-0.2, 0) is 22.6 Å². The van der Waals surface area contributed by atoms with Gasteiger partial charge in [-0.15, -0.1) is 0 Å². The van der Waals surface area contributed by atoms with Gasteiger partial charge in [0.15, 0.2) is 6.54 Å². The van der Waals surface area contributed by atoms with Crippen LogP contribution >= 0.6 is 23.2 Å². The Morgan fingerprint density at radius 3 is 2.59 bits per heavy atom. The Hall–Kier alpha value is -2.08. The summed E-state index contributed by atoms with van der Waals surface area (Å²) >= 11 is 11.8. The summed E-state index contributed by atoms with van der Waals surface area (Å²) in [6.07, 6.45) is 0.973. The van der Waals surface area contributed by atoms with Crippen molar-refractivity contribution >= 4 is 40.7 Å². The lowest BCUT2D eigenvalue weighted by Crippen LogP contribution is -3.12. The molecule has 0 aromatic heterocycles. The highest BCUT2D eigenvalue weighted by atomic mass is 35.5. The first-order valence-corrected chi connectivity index (χ1v) is 9.57. The molecule has 27 heavy (non-hydrogen) atoms. The molecular formula is C20H22Cl2N3O2+. The van der Waals surface area contributed by atoms with E-state index >= 15 is 0 Å². The van der Waals surface area contributed by atoms with E-state index in [0.29, 0.717) is 22.3 Å². The lowest BCUT2D eigenvalue weighted by Gasteiger charge is -2.27. The van der Waals surface area contributed by atoms with E-state index in [2.05, 4.69) is 23.5 Å². The number of nitrogens with zero attached hydrogens (tertiary/aromatic N) is 1. The monoisotopic (exact) mass is 406 g/mol. The maximum Gasteiger partial charge on any atom is 0.277 e. The lowest BCUT2D eigenvalue weighted by atomic mass is 10.00. The van der Waals surface area contributed by atoms with Crippen molar-refractivity contribution in [2.75, 3.05) is 32.0 Å². The van der Waals surface area contributed by atoms with Gasteiger partial charge in [0.1, 0.15) is 6.54 Å². The van der Waals surface area contributed by atoms with Gasteiger partial charge in [0.05, 0.1) is 23.1 Å². The second-order valence-electron chi connectivity index (χ2n) is 6.80. The third-order valence-corrected chi connectivity index (χ3v) is 5.46. The minimum Gasteiger partial charge on any atom is -0.332 e. The van der Waals surface area contributed by atoms with E-state index < -0.39 is 0 Å². The molecule has 2 N–H and O–H groups in total. The van der Waals surface area contributed by atoms with Gasteiger partial charge in [-0.2, -0.15) is 0 Å². The minimum atomic E-state index is -0.275. The predicted octanol–water partition coefficient (Wildman–Crippen LogP) is 2.03. The number of benzene rings is 2. The summed E-state index contributed by atoms with van der Waals surface area (Å²) < 4.78 is 0. The van der Waals surface area contributed by atoms with E-state index in [-0.39, 0.29) is 18.4 Å². The van der Waals surface area contributed by atoms with Crippen molar-refractivity contribution < 1.29 is 14.5 Å². The van der Waals surface area contributed by atoms with Gasteiger partial charge in [-0.05, 0) is 23.8 Å². The predicted molar refractivity (Wildman–Crippen MR) is 107 cm³/mol. The molecule has 5 nitrogen and oxygen atoms in total. The maximum absolute atomic E-state index is 12.5. The number of halogens is 2. The number of hydrogen-bond donors (Lipinski definition) is 2. The van der Waals surface area contributed by atoms with Gasteiger partial charge in [0.25, 0.3) is 5.91 Å².